The fraction of sp³-hybridized carbons (Fsp3) is 0.333. The topological polar surface area (TPSA) is 106 Å². The average molecular weight is 314 g/mol. The Morgan fingerprint density at radius 3 is 2.91 bits per heavy atom. The van der Waals surface area contributed by atoms with E-state index < -0.39 is 6.03 Å². The summed E-state index contributed by atoms with van der Waals surface area (Å²) in [5.41, 5.74) is 5.89. The molecule has 0 aromatic carbocycles. The minimum Gasteiger partial charge on any atom is -0.351 e. The van der Waals surface area contributed by atoms with E-state index in [0.29, 0.717) is 24.6 Å². The summed E-state index contributed by atoms with van der Waals surface area (Å²) in [6, 6.07) is 4.82. The van der Waals surface area contributed by atoms with E-state index in [1.807, 2.05) is 0 Å². The number of pyridine rings is 1. The largest absolute Gasteiger partial charge is 0.351 e. The zero-order valence-corrected chi connectivity index (χ0v) is 12.6. The molecular weight excluding hydrogens is 296 g/mol. The smallest absolute Gasteiger partial charge is 0.314 e. The van der Waals surface area contributed by atoms with Crippen LogP contribution in [0.4, 0.5) is 10.5 Å². The second kappa shape index (κ2) is 6.47. The van der Waals surface area contributed by atoms with E-state index in [0.717, 1.165) is 12.8 Å². The van der Waals surface area contributed by atoms with Gasteiger partial charge in [0.25, 0.3) is 0 Å². The maximum Gasteiger partial charge on any atom is 0.314 e. The molecule has 0 aliphatic carbocycles. The number of likely N-dealkylation sites (tertiary alicyclic amines) is 1. The van der Waals surface area contributed by atoms with E-state index in [1.54, 1.807) is 41.5 Å². The minimum absolute atomic E-state index is 0.141. The predicted molar refractivity (Wildman–Crippen MR) is 83.9 cm³/mol. The highest BCUT2D eigenvalue weighted by molar-refractivity contribution is 5.94. The van der Waals surface area contributed by atoms with Gasteiger partial charge in [-0.05, 0) is 31.0 Å². The number of carbonyl (C=O) groups excluding carboxylic acids is 2. The van der Waals surface area contributed by atoms with Crippen molar-refractivity contribution in [1.82, 2.24) is 19.7 Å². The summed E-state index contributed by atoms with van der Waals surface area (Å²) in [7, 11) is 0. The first kappa shape index (κ1) is 15.0. The first-order valence-corrected chi connectivity index (χ1v) is 7.45. The Morgan fingerprint density at radius 1 is 1.30 bits per heavy atom. The van der Waals surface area contributed by atoms with Gasteiger partial charge in [0.1, 0.15) is 0 Å². The summed E-state index contributed by atoms with van der Waals surface area (Å²) < 4.78 is 1.59. The number of hydrogen-bond donors (Lipinski definition) is 2. The number of amides is 3. The lowest BCUT2D eigenvalue weighted by Crippen LogP contribution is -2.46. The van der Waals surface area contributed by atoms with Crippen molar-refractivity contribution in [2.45, 2.75) is 12.8 Å². The van der Waals surface area contributed by atoms with Gasteiger partial charge in [-0.3, -0.25) is 4.79 Å². The summed E-state index contributed by atoms with van der Waals surface area (Å²) in [6.45, 7) is 0.947. The van der Waals surface area contributed by atoms with Gasteiger partial charge in [0, 0.05) is 31.7 Å². The zero-order chi connectivity index (χ0) is 16.2. The van der Waals surface area contributed by atoms with Crippen molar-refractivity contribution >= 4 is 17.6 Å². The Bertz CT molecular complexity index is 700. The third kappa shape index (κ3) is 3.31. The van der Waals surface area contributed by atoms with Crippen LogP contribution in [-0.2, 0) is 4.79 Å². The van der Waals surface area contributed by atoms with Gasteiger partial charge in [-0.2, -0.15) is 5.10 Å². The summed E-state index contributed by atoms with van der Waals surface area (Å²) in [5.74, 6) is 0.132. The van der Waals surface area contributed by atoms with Crippen molar-refractivity contribution < 1.29 is 9.59 Å². The molecule has 3 rings (SSSR count). The lowest BCUT2D eigenvalue weighted by molar-refractivity contribution is -0.121. The van der Waals surface area contributed by atoms with Crippen LogP contribution in [0.15, 0.2) is 36.8 Å². The minimum atomic E-state index is -0.485. The van der Waals surface area contributed by atoms with Gasteiger partial charge in [0.05, 0.1) is 11.6 Å². The molecule has 1 saturated heterocycles. The van der Waals surface area contributed by atoms with Crippen LogP contribution >= 0.6 is 0 Å². The lowest BCUT2D eigenvalue weighted by atomic mass is 9.97. The molecule has 8 nitrogen and oxygen atoms in total. The molecule has 0 bridgehead atoms. The van der Waals surface area contributed by atoms with Gasteiger partial charge < -0.3 is 16.0 Å². The molecule has 2 aromatic rings. The molecule has 1 aliphatic heterocycles. The van der Waals surface area contributed by atoms with Crippen LogP contribution in [0.5, 0.6) is 0 Å². The molecule has 8 heteroatoms. The fourth-order valence-corrected chi connectivity index (χ4v) is 2.70. The standard InChI is InChI=1S/C15H18N6O2/c16-15(23)20-8-2-4-11(10-20)14(22)19-12-5-1-6-17-13(12)21-9-3-7-18-21/h1,3,5-7,9,11H,2,4,8,10H2,(H2,16,23)(H,19,22). The third-order valence-corrected chi connectivity index (χ3v) is 3.87. The van der Waals surface area contributed by atoms with Crippen LogP contribution in [0.2, 0.25) is 0 Å². The summed E-state index contributed by atoms with van der Waals surface area (Å²) in [6.07, 6.45) is 6.54. The van der Waals surface area contributed by atoms with Crippen molar-refractivity contribution in [2.24, 2.45) is 11.7 Å². The molecule has 1 atom stereocenters. The van der Waals surface area contributed by atoms with Crippen LogP contribution in [0.25, 0.3) is 5.82 Å². The molecule has 1 fully saturated rings. The van der Waals surface area contributed by atoms with Gasteiger partial charge in [0.15, 0.2) is 5.82 Å². The number of primary amides is 1. The van der Waals surface area contributed by atoms with Crippen molar-refractivity contribution in [2.75, 3.05) is 18.4 Å². The molecule has 120 valence electrons. The second-order valence-electron chi connectivity index (χ2n) is 5.44. The van der Waals surface area contributed by atoms with Crippen LogP contribution in [0.3, 0.4) is 0 Å². The first-order valence-electron chi connectivity index (χ1n) is 7.45. The quantitative estimate of drug-likeness (QED) is 0.881. The van der Waals surface area contributed by atoms with Gasteiger partial charge in [-0.1, -0.05) is 0 Å². The molecule has 3 N–H and O–H groups in total. The monoisotopic (exact) mass is 314 g/mol. The molecular formula is C15H18N6O2. The lowest BCUT2D eigenvalue weighted by Gasteiger charge is -2.30. The zero-order valence-electron chi connectivity index (χ0n) is 12.6. The maximum absolute atomic E-state index is 12.5. The predicted octanol–water partition coefficient (Wildman–Crippen LogP) is 0.996. The molecule has 0 saturated carbocycles. The fourth-order valence-electron chi connectivity index (χ4n) is 2.70. The number of rotatable bonds is 3. The Balaban J connectivity index is 1.75. The number of piperidine rings is 1. The summed E-state index contributed by atoms with van der Waals surface area (Å²) >= 11 is 0. The molecule has 0 radical (unpaired) electrons. The number of hydrogen-bond acceptors (Lipinski definition) is 4. The first-order chi connectivity index (χ1) is 11.1. The summed E-state index contributed by atoms with van der Waals surface area (Å²) in [5, 5.41) is 7.02. The number of nitrogens with zero attached hydrogens (tertiary/aromatic N) is 4. The highest BCUT2D eigenvalue weighted by atomic mass is 16.2. The molecule has 3 heterocycles. The van der Waals surface area contributed by atoms with Gasteiger partial charge in [-0.25, -0.2) is 14.5 Å². The van der Waals surface area contributed by atoms with Crippen LogP contribution in [0.1, 0.15) is 12.8 Å². The SMILES string of the molecule is NC(=O)N1CCCC(C(=O)Nc2cccnc2-n2cccn2)C1. The normalized spacial score (nSPS) is 17.7. The van der Waals surface area contributed by atoms with Crippen LogP contribution < -0.4 is 11.1 Å². The molecule has 2 aromatic heterocycles. The second-order valence-corrected chi connectivity index (χ2v) is 5.44. The van der Waals surface area contributed by atoms with Crippen LogP contribution in [0, 0.1) is 5.92 Å². The Hall–Kier alpha value is -2.90. The highest BCUT2D eigenvalue weighted by Gasteiger charge is 2.28. The Labute approximate surface area is 133 Å². The molecule has 1 aliphatic rings. The van der Waals surface area contributed by atoms with Crippen LogP contribution in [-0.4, -0.2) is 44.7 Å². The molecule has 0 spiro atoms. The van der Waals surface area contributed by atoms with Gasteiger partial charge in [-0.15, -0.1) is 0 Å². The number of carbonyl (C=O) groups is 2. The van der Waals surface area contributed by atoms with E-state index >= 15 is 0 Å². The Morgan fingerprint density at radius 2 is 2.17 bits per heavy atom. The van der Waals surface area contributed by atoms with Gasteiger partial charge >= 0.3 is 6.03 Å². The number of aromatic nitrogens is 3. The third-order valence-electron chi connectivity index (χ3n) is 3.87. The van der Waals surface area contributed by atoms with E-state index in [4.69, 9.17) is 5.73 Å². The molecule has 1 unspecified atom stereocenters. The van der Waals surface area contributed by atoms with Gasteiger partial charge in [0.2, 0.25) is 5.91 Å². The molecule has 3 amide bonds. The van der Waals surface area contributed by atoms with E-state index in [9.17, 15) is 9.59 Å². The number of urea groups is 1. The van der Waals surface area contributed by atoms with Crippen molar-refractivity contribution in [3.8, 4) is 5.82 Å². The number of nitrogens with one attached hydrogen (secondary N) is 1. The Kier molecular flexibility index (Phi) is 4.22. The van der Waals surface area contributed by atoms with Crippen molar-refractivity contribution in [3.05, 3.63) is 36.8 Å². The van der Waals surface area contributed by atoms with E-state index in [-0.39, 0.29) is 11.8 Å². The van der Waals surface area contributed by atoms with Crippen molar-refractivity contribution in [1.29, 1.82) is 0 Å². The number of anilines is 1. The van der Waals surface area contributed by atoms with Crippen molar-refractivity contribution in [3.63, 3.8) is 0 Å². The number of nitrogens with two attached hydrogens (primary N) is 1. The molecule has 23 heavy (non-hydrogen) atoms. The van der Waals surface area contributed by atoms with E-state index in [1.165, 1.54) is 4.90 Å². The van der Waals surface area contributed by atoms with E-state index in [2.05, 4.69) is 15.4 Å². The maximum atomic E-state index is 12.5. The summed E-state index contributed by atoms with van der Waals surface area (Å²) in [4.78, 5) is 29.6. The average Bonchev–Trinajstić information content (AvgIpc) is 3.09. The highest BCUT2D eigenvalue weighted by Crippen LogP contribution is 2.21.